The zero-order valence-electron chi connectivity index (χ0n) is 10.3. The average Bonchev–Trinajstić information content (AvgIpc) is 2.74. The minimum atomic E-state index is 0.423. The lowest BCUT2D eigenvalue weighted by Crippen LogP contribution is -2.10. The maximum Gasteiger partial charge on any atom is 0.152 e. The SMILES string of the molecule is CC(C)c1cc2c(NCCCN)nccn2n1. The van der Waals surface area contributed by atoms with E-state index in [9.17, 15) is 0 Å². The molecule has 0 aliphatic carbocycles. The van der Waals surface area contributed by atoms with Gasteiger partial charge in [-0.3, -0.25) is 0 Å². The van der Waals surface area contributed by atoms with Crippen LogP contribution >= 0.6 is 0 Å². The van der Waals surface area contributed by atoms with Gasteiger partial charge in [-0.05, 0) is 24.9 Å². The van der Waals surface area contributed by atoms with Crippen molar-refractivity contribution in [2.75, 3.05) is 18.4 Å². The molecule has 92 valence electrons. The van der Waals surface area contributed by atoms with E-state index in [0.29, 0.717) is 12.5 Å². The molecule has 2 rings (SSSR count). The predicted octanol–water partition coefficient (Wildman–Crippen LogP) is 1.61. The normalized spacial score (nSPS) is 11.3. The summed E-state index contributed by atoms with van der Waals surface area (Å²) in [5.41, 5.74) is 7.58. The van der Waals surface area contributed by atoms with Gasteiger partial charge in [-0.25, -0.2) is 9.50 Å². The van der Waals surface area contributed by atoms with E-state index in [1.54, 1.807) is 6.20 Å². The van der Waals surface area contributed by atoms with Crippen molar-refractivity contribution in [3.63, 3.8) is 0 Å². The van der Waals surface area contributed by atoms with Gasteiger partial charge in [0.1, 0.15) is 5.52 Å². The number of fused-ring (bicyclic) bond motifs is 1. The third kappa shape index (κ3) is 2.55. The molecule has 0 amide bonds. The summed E-state index contributed by atoms with van der Waals surface area (Å²) < 4.78 is 1.87. The number of anilines is 1. The van der Waals surface area contributed by atoms with E-state index in [-0.39, 0.29) is 0 Å². The van der Waals surface area contributed by atoms with Crippen molar-refractivity contribution in [1.82, 2.24) is 14.6 Å². The molecule has 2 heterocycles. The molecule has 0 aliphatic heterocycles. The van der Waals surface area contributed by atoms with Crippen LogP contribution in [0, 0.1) is 0 Å². The largest absolute Gasteiger partial charge is 0.368 e. The van der Waals surface area contributed by atoms with E-state index >= 15 is 0 Å². The fraction of sp³-hybridized carbons (Fsp3) is 0.500. The van der Waals surface area contributed by atoms with Crippen molar-refractivity contribution >= 4 is 11.3 Å². The molecule has 0 atom stereocenters. The third-order valence-electron chi connectivity index (χ3n) is 2.67. The molecule has 0 saturated heterocycles. The van der Waals surface area contributed by atoms with Crippen LogP contribution in [0.2, 0.25) is 0 Å². The Bertz CT molecular complexity index is 489. The molecule has 2 aromatic rings. The van der Waals surface area contributed by atoms with Gasteiger partial charge in [-0.15, -0.1) is 0 Å². The van der Waals surface area contributed by atoms with Gasteiger partial charge in [0.05, 0.1) is 5.69 Å². The molecular formula is C12H19N5. The molecule has 17 heavy (non-hydrogen) atoms. The topological polar surface area (TPSA) is 68.2 Å². The summed E-state index contributed by atoms with van der Waals surface area (Å²) in [4.78, 5) is 4.34. The molecule has 5 nitrogen and oxygen atoms in total. The molecule has 0 spiro atoms. The summed E-state index contributed by atoms with van der Waals surface area (Å²) >= 11 is 0. The molecule has 3 N–H and O–H groups in total. The summed E-state index contributed by atoms with van der Waals surface area (Å²) in [6, 6.07) is 2.09. The highest BCUT2D eigenvalue weighted by atomic mass is 15.2. The third-order valence-corrected chi connectivity index (χ3v) is 2.67. The highest BCUT2D eigenvalue weighted by Gasteiger charge is 2.09. The summed E-state index contributed by atoms with van der Waals surface area (Å²) in [6.07, 6.45) is 4.57. The van der Waals surface area contributed by atoms with Gasteiger partial charge < -0.3 is 11.1 Å². The van der Waals surface area contributed by atoms with Gasteiger partial charge in [0.25, 0.3) is 0 Å². The monoisotopic (exact) mass is 233 g/mol. The Labute approximate surface area is 101 Å². The second-order valence-corrected chi connectivity index (χ2v) is 4.40. The molecule has 0 aromatic carbocycles. The first-order valence-electron chi connectivity index (χ1n) is 6.00. The van der Waals surface area contributed by atoms with Gasteiger partial charge in [0.15, 0.2) is 5.82 Å². The van der Waals surface area contributed by atoms with Gasteiger partial charge in [0, 0.05) is 18.9 Å². The molecule has 0 unspecified atom stereocenters. The first-order valence-corrected chi connectivity index (χ1v) is 6.00. The van der Waals surface area contributed by atoms with Crippen LogP contribution in [0.25, 0.3) is 5.52 Å². The van der Waals surface area contributed by atoms with Crippen molar-refractivity contribution in [1.29, 1.82) is 0 Å². The lowest BCUT2D eigenvalue weighted by molar-refractivity contribution is 0.786. The van der Waals surface area contributed by atoms with E-state index in [4.69, 9.17) is 5.73 Å². The van der Waals surface area contributed by atoms with E-state index in [2.05, 4.69) is 35.3 Å². The first-order chi connectivity index (χ1) is 8.22. The molecule has 0 saturated carbocycles. The maximum absolute atomic E-state index is 5.47. The van der Waals surface area contributed by atoms with E-state index in [1.807, 2.05) is 10.7 Å². The van der Waals surface area contributed by atoms with Gasteiger partial charge in [-0.2, -0.15) is 5.10 Å². The Morgan fingerprint density at radius 1 is 1.47 bits per heavy atom. The molecule has 0 aliphatic rings. The minimum Gasteiger partial charge on any atom is -0.368 e. The second-order valence-electron chi connectivity index (χ2n) is 4.40. The van der Waals surface area contributed by atoms with Crippen LogP contribution in [-0.4, -0.2) is 27.7 Å². The lowest BCUT2D eigenvalue weighted by Gasteiger charge is -2.05. The molecule has 0 radical (unpaired) electrons. The lowest BCUT2D eigenvalue weighted by atomic mass is 10.1. The Morgan fingerprint density at radius 3 is 3.00 bits per heavy atom. The number of nitrogens with two attached hydrogens (primary N) is 1. The van der Waals surface area contributed by atoms with Crippen molar-refractivity contribution in [3.8, 4) is 0 Å². The standard InChI is InChI=1S/C12H19N5/c1-9(2)10-8-11-12(14-5-3-4-13)15-6-7-17(11)16-10/h6-9H,3-5,13H2,1-2H3,(H,14,15). The van der Waals surface area contributed by atoms with E-state index in [1.165, 1.54) is 0 Å². The van der Waals surface area contributed by atoms with Crippen molar-refractivity contribution < 1.29 is 0 Å². The number of hydrogen-bond donors (Lipinski definition) is 2. The van der Waals surface area contributed by atoms with Gasteiger partial charge in [0.2, 0.25) is 0 Å². The highest BCUT2D eigenvalue weighted by molar-refractivity contribution is 5.67. The van der Waals surface area contributed by atoms with Crippen molar-refractivity contribution in [2.24, 2.45) is 5.73 Å². The highest BCUT2D eigenvalue weighted by Crippen LogP contribution is 2.19. The molecule has 0 fully saturated rings. The molecule has 0 bridgehead atoms. The van der Waals surface area contributed by atoms with Crippen molar-refractivity contribution in [3.05, 3.63) is 24.2 Å². The van der Waals surface area contributed by atoms with Crippen LogP contribution < -0.4 is 11.1 Å². The number of nitrogens with one attached hydrogen (secondary N) is 1. The van der Waals surface area contributed by atoms with Gasteiger partial charge >= 0.3 is 0 Å². The Hall–Kier alpha value is -1.62. The molecule has 5 heteroatoms. The number of nitrogens with zero attached hydrogens (tertiary/aromatic N) is 3. The smallest absolute Gasteiger partial charge is 0.152 e. The number of aromatic nitrogens is 3. The number of hydrogen-bond acceptors (Lipinski definition) is 4. The summed E-state index contributed by atoms with van der Waals surface area (Å²) in [5.74, 6) is 1.30. The zero-order chi connectivity index (χ0) is 12.3. The average molecular weight is 233 g/mol. The fourth-order valence-electron chi connectivity index (χ4n) is 1.67. The van der Waals surface area contributed by atoms with Crippen LogP contribution in [0.5, 0.6) is 0 Å². The number of rotatable bonds is 5. The van der Waals surface area contributed by atoms with Crippen LogP contribution in [0.3, 0.4) is 0 Å². The van der Waals surface area contributed by atoms with Crippen molar-refractivity contribution in [2.45, 2.75) is 26.2 Å². The Balaban J connectivity index is 2.29. The summed E-state index contributed by atoms with van der Waals surface area (Å²) in [7, 11) is 0. The Morgan fingerprint density at radius 2 is 2.29 bits per heavy atom. The van der Waals surface area contributed by atoms with Crippen LogP contribution in [-0.2, 0) is 0 Å². The van der Waals surface area contributed by atoms with Crippen LogP contribution in [0.1, 0.15) is 31.9 Å². The minimum absolute atomic E-state index is 0.423. The quantitative estimate of drug-likeness (QED) is 0.770. The fourth-order valence-corrected chi connectivity index (χ4v) is 1.67. The van der Waals surface area contributed by atoms with Crippen LogP contribution in [0.15, 0.2) is 18.5 Å². The predicted molar refractivity (Wildman–Crippen MR) is 69.2 cm³/mol. The first kappa shape index (κ1) is 11.9. The summed E-state index contributed by atoms with van der Waals surface area (Å²) in [5, 5.41) is 7.80. The Kier molecular flexibility index (Phi) is 3.58. The molecular weight excluding hydrogens is 214 g/mol. The van der Waals surface area contributed by atoms with Crippen LogP contribution in [0.4, 0.5) is 5.82 Å². The summed E-state index contributed by atoms with van der Waals surface area (Å²) in [6.45, 7) is 5.80. The second kappa shape index (κ2) is 5.14. The van der Waals surface area contributed by atoms with Gasteiger partial charge in [-0.1, -0.05) is 13.8 Å². The molecule has 2 aromatic heterocycles. The maximum atomic E-state index is 5.47. The van der Waals surface area contributed by atoms with E-state index in [0.717, 1.165) is 30.0 Å². The van der Waals surface area contributed by atoms with E-state index < -0.39 is 0 Å². The zero-order valence-corrected chi connectivity index (χ0v) is 10.3.